The smallest absolute Gasteiger partial charge is 0.282 e. The summed E-state index contributed by atoms with van der Waals surface area (Å²) in [5.41, 5.74) is 2.87. The first-order chi connectivity index (χ1) is 27.4. The molecule has 0 unspecified atom stereocenters. The molecular weight excluding hydrogens is 721 g/mol. The number of hydrogen-bond acceptors (Lipinski definition) is 8. The number of carbonyl (C=O) groups excluding carboxylic acids is 1. The minimum atomic E-state index is -1.07. The number of carbonyl (C=O) groups is 1. The van der Waals surface area contributed by atoms with E-state index in [1.54, 1.807) is 4.68 Å². The first-order valence-corrected chi connectivity index (χ1v) is 19.0. The van der Waals surface area contributed by atoms with Crippen LogP contribution in [0.1, 0.15) is 43.4 Å². The molecular formula is C45H39F2N9O. The highest BCUT2D eigenvalue weighted by atomic mass is 19.1. The van der Waals surface area contributed by atoms with Crippen molar-refractivity contribution in [1.29, 1.82) is 10.5 Å². The number of pyridine rings is 1. The molecule has 1 amide bonds. The fourth-order valence-corrected chi connectivity index (χ4v) is 8.99. The summed E-state index contributed by atoms with van der Waals surface area (Å²) >= 11 is 0. The van der Waals surface area contributed by atoms with Crippen molar-refractivity contribution in [3.8, 4) is 23.3 Å². The maximum absolute atomic E-state index is 17.6. The van der Waals surface area contributed by atoms with Crippen molar-refractivity contribution in [2.75, 3.05) is 38.6 Å². The lowest BCUT2D eigenvalue weighted by molar-refractivity contribution is -0.132. The Labute approximate surface area is 327 Å². The molecule has 9 rings (SSSR count). The molecule has 4 heterocycles. The number of nitrogens with zero attached hydrogens (tertiary/aromatic N) is 9. The van der Waals surface area contributed by atoms with Crippen LogP contribution < -0.4 is 4.90 Å². The van der Waals surface area contributed by atoms with Gasteiger partial charge in [-0.25, -0.2) is 18.4 Å². The van der Waals surface area contributed by atoms with Gasteiger partial charge >= 0.3 is 0 Å². The monoisotopic (exact) mass is 759 g/mol. The van der Waals surface area contributed by atoms with Crippen molar-refractivity contribution in [1.82, 2.24) is 29.8 Å². The molecule has 0 radical (unpaired) electrons. The van der Waals surface area contributed by atoms with Gasteiger partial charge in [-0.2, -0.15) is 10.5 Å². The Hall–Kier alpha value is -6.50. The van der Waals surface area contributed by atoms with Gasteiger partial charge in [0.15, 0.2) is 23.0 Å². The van der Waals surface area contributed by atoms with Crippen LogP contribution >= 0.6 is 0 Å². The summed E-state index contributed by atoms with van der Waals surface area (Å²) in [7, 11) is 4.06. The third kappa shape index (κ3) is 5.66. The first kappa shape index (κ1) is 36.2. The molecule has 2 aliphatic rings. The molecule has 5 aromatic carbocycles. The summed E-state index contributed by atoms with van der Waals surface area (Å²) in [6, 6.07) is 25.8. The maximum atomic E-state index is 17.6. The highest BCUT2D eigenvalue weighted by molar-refractivity contribution is 6.10. The van der Waals surface area contributed by atoms with E-state index in [4.69, 9.17) is 4.98 Å². The maximum Gasteiger partial charge on any atom is 0.282 e. The zero-order valence-corrected chi connectivity index (χ0v) is 32.1. The molecule has 57 heavy (non-hydrogen) atoms. The van der Waals surface area contributed by atoms with Crippen molar-refractivity contribution < 1.29 is 13.6 Å². The number of hydrogen-bond donors (Lipinski definition) is 0. The molecule has 2 aromatic heterocycles. The lowest BCUT2D eigenvalue weighted by Gasteiger charge is -2.52. The number of halogens is 2. The van der Waals surface area contributed by atoms with Crippen LogP contribution in [-0.2, 0) is 4.79 Å². The Kier molecular flexibility index (Phi) is 8.45. The van der Waals surface area contributed by atoms with Gasteiger partial charge in [0.2, 0.25) is 0 Å². The molecule has 0 bridgehead atoms. The summed E-state index contributed by atoms with van der Waals surface area (Å²) in [6.45, 7) is 8.62. The van der Waals surface area contributed by atoms with Crippen LogP contribution in [0.15, 0.2) is 79.1 Å². The minimum Gasteiger partial charge on any atom is -0.351 e. The van der Waals surface area contributed by atoms with E-state index in [2.05, 4.69) is 76.1 Å². The van der Waals surface area contributed by atoms with Crippen molar-refractivity contribution in [3.05, 3.63) is 96.1 Å². The number of nitriles is 2. The normalized spacial score (nSPS) is 18.1. The number of likely N-dealkylation sites (N-methyl/N-ethyl adjacent to an activating group) is 1. The van der Waals surface area contributed by atoms with Crippen molar-refractivity contribution in [2.24, 2.45) is 0 Å². The average Bonchev–Trinajstić information content (AvgIpc) is 3.63. The van der Waals surface area contributed by atoms with Crippen molar-refractivity contribution >= 4 is 66.0 Å². The molecule has 0 N–H and O–H groups in total. The van der Waals surface area contributed by atoms with Gasteiger partial charge < -0.3 is 14.7 Å². The number of piperidine rings is 1. The first-order valence-electron chi connectivity index (χ1n) is 19.0. The molecule has 0 spiro atoms. The quantitative estimate of drug-likeness (QED) is 0.122. The number of likely N-dealkylation sites (tertiary alicyclic amines) is 1. The van der Waals surface area contributed by atoms with E-state index < -0.39 is 23.6 Å². The van der Waals surface area contributed by atoms with Crippen LogP contribution in [0.2, 0.25) is 0 Å². The van der Waals surface area contributed by atoms with Gasteiger partial charge in [-0.1, -0.05) is 48.2 Å². The van der Waals surface area contributed by atoms with E-state index in [1.165, 1.54) is 4.90 Å². The van der Waals surface area contributed by atoms with Crippen LogP contribution in [0, 0.1) is 35.4 Å². The van der Waals surface area contributed by atoms with Gasteiger partial charge in [0.05, 0.1) is 29.6 Å². The molecule has 0 aliphatic carbocycles. The zero-order valence-electron chi connectivity index (χ0n) is 32.1. The highest BCUT2D eigenvalue weighted by Crippen LogP contribution is 2.43. The number of anilines is 1. The Morgan fingerprint density at radius 2 is 1.68 bits per heavy atom. The van der Waals surface area contributed by atoms with Crippen LogP contribution in [0.25, 0.3) is 65.4 Å². The fraction of sp³-hybridized carbons (Fsp3) is 0.289. The highest BCUT2D eigenvalue weighted by Gasteiger charge is 2.43. The Balaban J connectivity index is 1.23. The van der Waals surface area contributed by atoms with Gasteiger partial charge in [-0.3, -0.25) is 4.79 Å². The number of benzene rings is 5. The van der Waals surface area contributed by atoms with Crippen LogP contribution in [0.4, 0.5) is 14.6 Å². The number of aromatic nitrogens is 4. The molecule has 0 saturated carbocycles. The van der Waals surface area contributed by atoms with E-state index >= 15 is 4.39 Å². The third-order valence-corrected chi connectivity index (χ3v) is 12.3. The van der Waals surface area contributed by atoms with E-state index in [1.807, 2.05) is 57.4 Å². The summed E-state index contributed by atoms with van der Waals surface area (Å²) in [5, 5.41) is 36.0. The zero-order chi connectivity index (χ0) is 39.9. The van der Waals surface area contributed by atoms with E-state index in [9.17, 15) is 19.7 Å². The minimum absolute atomic E-state index is 0.00304. The number of rotatable bonds is 6. The number of aryl methyl sites for hydroxylation is 1. The summed E-state index contributed by atoms with van der Waals surface area (Å²) < 4.78 is 33.4. The Bertz CT molecular complexity index is 2950. The van der Waals surface area contributed by atoms with E-state index in [0.717, 1.165) is 32.3 Å². The van der Waals surface area contributed by atoms with Crippen molar-refractivity contribution in [2.45, 2.75) is 50.7 Å². The molecule has 284 valence electrons. The topological polar surface area (TPSA) is 118 Å². The number of fused-ring (bicyclic) bond motifs is 6. The van der Waals surface area contributed by atoms with E-state index in [0.29, 0.717) is 70.4 Å². The second kappa shape index (κ2) is 13.3. The van der Waals surface area contributed by atoms with Crippen molar-refractivity contribution in [3.63, 3.8) is 0 Å². The van der Waals surface area contributed by atoms with Crippen LogP contribution in [0.5, 0.6) is 0 Å². The number of amides is 1. The average molecular weight is 760 g/mol. The summed E-state index contributed by atoms with van der Waals surface area (Å²) in [6.07, 6.45) is 0.732. The molecule has 2 saturated heterocycles. The second-order valence-electron chi connectivity index (χ2n) is 16.0. The predicted octanol–water partition coefficient (Wildman–Crippen LogP) is 8.49. The summed E-state index contributed by atoms with van der Waals surface area (Å²) in [4.78, 5) is 23.3. The van der Waals surface area contributed by atoms with Gasteiger partial charge in [0.1, 0.15) is 17.1 Å². The Morgan fingerprint density at radius 1 is 0.982 bits per heavy atom. The predicted molar refractivity (Wildman–Crippen MR) is 219 cm³/mol. The van der Waals surface area contributed by atoms with Gasteiger partial charge in [-0.05, 0) is 104 Å². The van der Waals surface area contributed by atoms with Crippen LogP contribution in [0.3, 0.4) is 0 Å². The molecule has 7 aromatic rings. The standard InChI is InChI=1S/C45H39F2N9O/c1-25-16-36-40(39(47)38(25)34-11-10-29-19-30-17-27-8-6-7-9-28(27)18-31(30)20-35(29)37(34)22-49)50-43(54-23-45(3,24-54)53(4)5)41-42(36)56(52-51-41)33-13-15-55(44(57)26(2)46)32(21-33)12-14-48/h6-11,16-20,32-33H,2,12-13,15,21,23-24H2,1,3-5H3/t32-,33+/m1/s1. The largest absolute Gasteiger partial charge is 0.351 e. The van der Waals surface area contributed by atoms with E-state index in [-0.39, 0.29) is 30.1 Å². The summed E-state index contributed by atoms with van der Waals surface area (Å²) in [5.74, 6) is -1.94. The molecule has 2 fully saturated rings. The third-order valence-electron chi connectivity index (χ3n) is 12.3. The Morgan fingerprint density at radius 3 is 2.35 bits per heavy atom. The van der Waals surface area contributed by atoms with Gasteiger partial charge in [0, 0.05) is 47.6 Å². The fourth-order valence-electron chi connectivity index (χ4n) is 8.99. The lowest BCUT2D eigenvalue weighted by Crippen LogP contribution is -2.67. The van der Waals surface area contributed by atoms with Crippen LogP contribution in [-0.4, -0.2) is 81.0 Å². The van der Waals surface area contributed by atoms with Gasteiger partial charge in [-0.15, -0.1) is 5.10 Å². The molecule has 10 nitrogen and oxygen atoms in total. The lowest BCUT2D eigenvalue weighted by atomic mass is 9.89. The SMILES string of the molecule is C=C(F)C(=O)N1CC[C@H](n2nnc3c(N4CC(C)(N(C)C)C4)nc4c(F)c(-c5ccc6cc7cc8ccccc8cc7cc6c5C#N)c(C)cc4c32)C[C@H]1CC#N. The van der Waals surface area contributed by atoms with Gasteiger partial charge in [0.25, 0.3) is 5.91 Å². The molecule has 12 heteroatoms. The molecule has 2 atom stereocenters. The molecule has 2 aliphatic heterocycles. The second-order valence-corrected chi connectivity index (χ2v) is 16.0.